The fourth-order valence-electron chi connectivity index (χ4n) is 4.56. The molecule has 1 atom stereocenters. The lowest BCUT2D eigenvalue weighted by Crippen LogP contribution is -2.31. The number of amides is 1. The molecule has 0 radical (unpaired) electrons. The Morgan fingerprint density at radius 3 is 2.25 bits per heavy atom. The van der Waals surface area contributed by atoms with Gasteiger partial charge in [0.15, 0.2) is 11.5 Å². The standard InChI is InChI=1S/C29H31NO6/c1-3-4-15-35-27-16-19(13-14-26(27)34-2)25(17-28(31)32)30-29(33)36-18-24-22-11-7-5-9-20(22)21-10-6-8-12-23(21)24/h5-14,16,24-25H,3-4,15,17-18H2,1-2H3,(H,30,33)(H,31,32). The first-order valence-corrected chi connectivity index (χ1v) is 12.2. The number of hydrogen-bond donors (Lipinski definition) is 2. The highest BCUT2D eigenvalue weighted by Crippen LogP contribution is 2.44. The van der Waals surface area contributed by atoms with Crippen molar-refractivity contribution in [1.29, 1.82) is 0 Å². The summed E-state index contributed by atoms with van der Waals surface area (Å²) < 4.78 is 16.8. The molecule has 1 amide bonds. The second kappa shape index (κ2) is 11.6. The summed E-state index contributed by atoms with van der Waals surface area (Å²) in [4.78, 5) is 24.4. The zero-order valence-corrected chi connectivity index (χ0v) is 20.5. The van der Waals surface area contributed by atoms with E-state index in [0.29, 0.717) is 23.7 Å². The van der Waals surface area contributed by atoms with Gasteiger partial charge in [0.25, 0.3) is 0 Å². The molecular formula is C29H31NO6. The molecule has 0 aliphatic heterocycles. The zero-order chi connectivity index (χ0) is 25.5. The van der Waals surface area contributed by atoms with E-state index in [1.54, 1.807) is 25.3 Å². The van der Waals surface area contributed by atoms with E-state index in [9.17, 15) is 14.7 Å². The zero-order valence-electron chi connectivity index (χ0n) is 20.5. The number of alkyl carbamates (subject to hydrolysis) is 1. The number of hydrogen-bond acceptors (Lipinski definition) is 5. The Morgan fingerprint density at radius 2 is 1.64 bits per heavy atom. The molecule has 2 N–H and O–H groups in total. The van der Waals surface area contributed by atoms with Crippen molar-refractivity contribution in [1.82, 2.24) is 5.32 Å². The van der Waals surface area contributed by atoms with Crippen LogP contribution < -0.4 is 14.8 Å². The van der Waals surface area contributed by atoms with E-state index in [2.05, 4.69) is 24.4 Å². The molecule has 0 spiro atoms. The second-order valence-electron chi connectivity index (χ2n) is 8.73. The number of nitrogens with one attached hydrogen (secondary N) is 1. The van der Waals surface area contributed by atoms with Gasteiger partial charge in [-0.05, 0) is 46.4 Å². The maximum atomic E-state index is 12.8. The molecule has 0 fully saturated rings. The van der Waals surface area contributed by atoms with Gasteiger partial charge in [0.05, 0.1) is 26.2 Å². The number of carboxylic acid groups (broad SMARTS) is 1. The van der Waals surface area contributed by atoms with Gasteiger partial charge < -0.3 is 24.6 Å². The van der Waals surface area contributed by atoms with Crippen LogP contribution in [0, 0.1) is 0 Å². The molecule has 0 heterocycles. The van der Waals surface area contributed by atoms with Gasteiger partial charge in [0, 0.05) is 5.92 Å². The van der Waals surface area contributed by atoms with E-state index in [0.717, 1.165) is 35.1 Å². The van der Waals surface area contributed by atoms with Crippen molar-refractivity contribution in [3.05, 3.63) is 83.4 Å². The number of unbranched alkanes of at least 4 members (excludes halogenated alkanes) is 1. The van der Waals surface area contributed by atoms with Gasteiger partial charge in [-0.3, -0.25) is 4.79 Å². The molecule has 36 heavy (non-hydrogen) atoms. The van der Waals surface area contributed by atoms with Gasteiger partial charge in [-0.15, -0.1) is 0 Å². The number of aliphatic carboxylic acids is 1. The molecule has 0 aromatic heterocycles. The highest BCUT2D eigenvalue weighted by Gasteiger charge is 2.29. The van der Waals surface area contributed by atoms with Crippen LogP contribution in [0.15, 0.2) is 66.7 Å². The lowest BCUT2D eigenvalue weighted by molar-refractivity contribution is -0.137. The Hall–Kier alpha value is -4.00. The summed E-state index contributed by atoms with van der Waals surface area (Å²) >= 11 is 0. The van der Waals surface area contributed by atoms with E-state index < -0.39 is 18.1 Å². The van der Waals surface area contributed by atoms with E-state index in [4.69, 9.17) is 14.2 Å². The summed E-state index contributed by atoms with van der Waals surface area (Å²) in [5.41, 5.74) is 5.09. The summed E-state index contributed by atoms with van der Waals surface area (Å²) in [5, 5.41) is 12.2. The fourth-order valence-corrected chi connectivity index (χ4v) is 4.56. The number of methoxy groups -OCH3 is 1. The van der Waals surface area contributed by atoms with Crippen molar-refractivity contribution >= 4 is 12.1 Å². The average Bonchev–Trinajstić information content (AvgIpc) is 3.20. The van der Waals surface area contributed by atoms with E-state index in [1.807, 2.05) is 36.4 Å². The highest BCUT2D eigenvalue weighted by atomic mass is 16.5. The molecule has 3 aromatic rings. The summed E-state index contributed by atoms with van der Waals surface area (Å²) in [6.07, 6.45) is 0.884. The van der Waals surface area contributed by atoms with E-state index in [1.165, 1.54) is 0 Å². The van der Waals surface area contributed by atoms with Crippen molar-refractivity contribution in [3.63, 3.8) is 0 Å². The number of ether oxygens (including phenoxy) is 3. The van der Waals surface area contributed by atoms with Gasteiger partial charge >= 0.3 is 12.1 Å². The van der Waals surface area contributed by atoms with Gasteiger partial charge in [-0.1, -0.05) is 67.9 Å². The molecule has 1 aliphatic rings. The van der Waals surface area contributed by atoms with Crippen LogP contribution in [-0.4, -0.2) is 37.5 Å². The Morgan fingerprint density at radius 1 is 0.972 bits per heavy atom. The largest absolute Gasteiger partial charge is 0.493 e. The molecule has 4 rings (SSSR count). The molecule has 7 nitrogen and oxygen atoms in total. The quantitative estimate of drug-likeness (QED) is 0.324. The molecule has 7 heteroatoms. The molecule has 3 aromatic carbocycles. The first kappa shape index (κ1) is 25.1. The Balaban J connectivity index is 1.48. The van der Waals surface area contributed by atoms with Crippen LogP contribution in [0.1, 0.15) is 54.8 Å². The maximum absolute atomic E-state index is 12.8. The van der Waals surface area contributed by atoms with Gasteiger partial charge in [0.1, 0.15) is 6.61 Å². The summed E-state index contributed by atoms with van der Waals surface area (Å²) in [5.74, 6) is -0.0675. The molecular weight excluding hydrogens is 458 g/mol. The van der Waals surface area contributed by atoms with Crippen molar-refractivity contribution in [2.75, 3.05) is 20.3 Å². The first-order chi connectivity index (χ1) is 17.5. The minimum absolute atomic E-state index is 0.0828. The Labute approximate surface area is 211 Å². The molecule has 1 unspecified atom stereocenters. The van der Waals surface area contributed by atoms with Crippen LogP contribution in [0.2, 0.25) is 0 Å². The summed E-state index contributed by atoms with van der Waals surface area (Å²) in [7, 11) is 1.55. The average molecular weight is 490 g/mol. The normalized spacial score (nSPS) is 12.8. The summed E-state index contributed by atoms with van der Waals surface area (Å²) in [6.45, 7) is 2.73. The number of fused-ring (bicyclic) bond motifs is 3. The van der Waals surface area contributed by atoms with Crippen LogP contribution in [0.25, 0.3) is 11.1 Å². The highest BCUT2D eigenvalue weighted by molar-refractivity contribution is 5.79. The molecule has 0 saturated heterocycles. The lowest BCUT2D eigenvalue weighted by atomic mass is 9.98. The van der Waals surface area contributed by atoms with Crippen LogP contribution in [0.4, 0.5) is 4.79 Å². The molecule has 1 aliphatic carbocycles. The van der Waals surface area contributed by atoms with Crippen LogP contribution in [-0.2, 0) is 9.53 Å². The van der Waals surface area contributed by atoms with Gasteiger partial charge in [0.2, 0.25) is 0 Å². The topological polar surface area (TPSA) is 94.1 Å². The van der Waals surface area contributed by atoms with Crippen LogP contribution >= 0.6 is 0 Å². The summed E-state index contributed by atoms with van der Waals surface area (Å²) in [6, 6.07) is 20.5. The number of carbonyl (C=O) groups is 2. The Bertz CT molecular complexity index is 1180. The second-order valence-corrected chi connectivity index (χ2v) is 8.73. The minimum Gasteiger partial charge on any atom is -0.493 e. The predicted octanol–water partition coefficient (Wildman–Crippen LogP) is 5.93. The minimum atomic E-state index is -1.04. The number of rotatable bonds is 11. The smallest absolute Gasteiger partial charge is 0.407 e. The third-order valence-corrected chi connectivity index (χ3v) is 6.36. The maximum Gasteiger partial charge on any atom is 0.407 e. The Kier molecular flexibility index (Phi) is 8.10. The number of benzene rings is 3. The third-order valence-electron chi connectivity index (χ3n) is 6.36. The molecule has 0 saturated carbocycles. The predicted molar refractivity (Wildman–Crippen MR) is 137 cm³/mol. The van der Waals surface area contributed by atoms with Crippen molar-refractivity contribution in [2.24, 2.45) is 0 Å². The van der Waals surface area contributed by atoms with Crippen molar-refractivity contribution in [3.8, 4) is 22.6 Å². The number of carbonyl (C=O) groups excluding carboxylic acids is 1. The fraction of sp³-hybridized carbons (Fsp3) is 0.310. The number of carboxylic acids is 1. The first-order valence-electron chi connectivity index (χ1n) is 12.2. The van der Waals surface area contributed by atoms with E-state index >= 15 is 0 Å². The van der Waals surface area contributed by atoms with Crippen molar-refractivity contribution < 1.29 is 28.9 Å². The van der Waals surface area contributed by atoms with Gasteiger partial charge in [-0.25, -0.2) is 4.79 Å². The van der Waals surface area contributed by atoms with Crippen molar-refractivity contribution in [2.45, 2.75) is 38.1 Å². The van der Waals surface area contributed by atoms with Gasteiger partial charge in [-0.2, -0.15) is 0 Å². The monoisotopic (exact) mass is 489 g/mol. The lowest BCUT2D eigenvalue weighted by Gasteiger charge is -2.20. The van der Waals surface area contributed by atoms with Crippen LogP contribution in [0.3, 0.4) is 0 Å². The SMILES string of the molecule is CCCCOc1cc(C(CC(=O)O)NC(=O)OCC2c3ccccc3-c3ccccc32)ccc1OC. The molecule has 188 valence electrons. The third kappa shape index (κ3) is 5.62. The van der Waals surface area contributed by atoms with E-state index in [-0.39, 0.29) is 18.9 Å². The van der Waals surface area contributed by atoms with Crippen LogP contribution in [0.5, 0.6) is 11.5 Å². The molecule has 0 bridgehead atoms.